The van der Waals surface area contributed by atoms with Crippen molar-refractivity contribution in [3.05, 3.63) is 24.3 Å². The number of hydrogen-bond acceptors (Lipinski definition) is 7. The minimum atomic E-state index is -2.78. The summed E-state index contributed by atoms with van der Waals surface area (Å²) in [4.78, 5) is 46.7. The van der Waals surface area contributed by atoms with Crippen LogP contribution in [0.4, 0.5) is 0 Å². The fourth-order valence-corrected chi connectivity index (χ4v) is 3.87. The SMILES string of the molecule is CO[Si](CCCN(CCNC(=O)/C=C/C(N)=O)C(=O)/C=C/C(N)=O)(OC)OC. The minimum Gasteiger partial charge on any atom is -0.377 e. The molecule has 0 saturated heterocycles. The van der Waals surface area contributed by atoms with Gasteiger partial charge in [0.25, 0.3) is 0 Å². The summed E-state index contributed by atoms with van der Waals surface area (Å²) < 4.78 is 16.0. The van der Waals surface area contributed by atoms with Gasteiger partial charge in [0.1, 0.15) is 0 Å². The van der Waals surface area contributed by atoms with Crippen LogP contribution in [-0.4, -0.2) is 78.3 Å². The Morgan fingerprint density at radius 2 is 1.43 bits per heavy atom. The van der Waals surface area contributed by atoms with Gasteiger partial charge in [-0.15, -0.1) is 0 Å². The van der Waals surface area contributed by atoms with Crippen molar-refractivity contribution in [1.29, 1.82) is 0 Å². The molecule has 0 heterocycles. The number of nitrogens with two attached hydrogens (primary N) is 2. The van der Waals surface area contributed by atoms with Crippen molar-refractivity contribution in [2.24, 2.45) is 11.5 Å². The number of carbonyl (C=O) groups excluding carboxylic acids is 4. The zero-order chi connectivity index (χ0) is 21.6. The summed E-state index contributed by atoms with van der Waals surface area (Å²) in [5.74, 6) is -2.46. The Kier molecular flexibility index (Phi) is 12.4. The van der Waals surface area contributed by atoms with Crippen LogP contribution in [-0.2, 0) is 32.5 Å². The molecule has 0 bridgehead atoms. The first-order valence-corrected chi connectivity index (χ1v) is 10.3. The van der Waals surface area contributed by atoms with Gasteiger partial charge in [-0.1, -0.05) is 0 Å². The molecule has 5 N–H and O–H groups in total. The molecule has 0 aliphatic rings. The molecule has 0 unspecified atom stereocenters. The highest BCUT2D eigenvalue weighted by molar-refractivity contribution is 6.60. The lowest BCUT2D eigenvalue weighted by atomic mass is 10.3. The molecule has 0 aromatic heterocycles. The van der Waals surface area contributed by atoms with Crippen LogP contribution >= 0.6 is 0 Å². The second kappa shape index (κ2) is 13.6. The van der Waals surface area contributed by atoms with Crippen molar-refractivity contribution in [2.75, 3.05) is 41.0 Å². The highest BCUT2D eigenvalue weighted by Gasteiger charge is 2.37. The number of nitrogens with zero attached hydrogens (tertiary/aromatic N) is 1. The van der Waals surface area contributed by atoms with Crippen LogP contribution in [0.25, 0.3) is 0 Å². The third-order valence-corrected chi connectivity index (χ3v) is 6.46. The first kappa shape index (κ1) is 25.5. The van der Waals surface area contributed by atoms with Crippen LogP contribution in [0, 0.1) is 0 Å². The van der Waals surface area contributed by atoms with Crippen molar-refractivity contribution in [3.63, 3.8) is 0 Å². The lowest BCUT2D eigenvalue weighted by Gasteiger charge is -2.26. The Bertz CT molecular complexity index is 598. The Hall–Kier alpha value is -2.54. The van der Waals surface area contributed by atoms with Crippen LogP contribution < -0.4 is 16.8 Å². The first-order chi connectivity index (χ1) is 13.2. The van der Waals surface area contributed by atoms with Crippen molar-refractivity contribution in [2.45, 2.75) is 12.5 Å². The molecular formula is C16H28N4O7Si. The van der Waals surface area contributed by atoms with Gasteiger partial charge in [0.05, 0.1) is 0 Å². The normalized spacial score (nSPS) is 11.7. The van der Waals surface area contributed by atoms with E-state index < -0.39 is 32.4 Å². The summed E-state index contributed by atoms with van der Waals surface area (Å²) in [7, 11) is 1.70. The summed E-state index contributed by atoms with van der Waals surface area (Å²) >= 11 is 0. The van der Waals surface area contributed by atoms with E-state index in [9.17, 15) is 19.2 Å². The van der Waals surface area contributed by atoms with Crippen molar-refractivity contribution in [3.8, 4) is 0 Å². The summed E-state index contributed by atoms with van der Waals surface area (Å²) in [5, 5.41) is 2.52. The molecule has 0 aliphatic heterocycles. The van der Waals surface area contributed by atoms with E-state index in [0.29, 0.717) is 19.0 Å². The second-order valence-corrected chi connectivity index (χ2v) is 8.58. The Balaban J connectivity index is 4.83. The smallest absolute Gasteiger partial charge is 0.377 e. The van der Waals surface area contributed by atoms with Crippen molar-refractivity contribution < 1.29 is 32.5 Å². The van der Waals surface area contributed by atoms with Crippen molar-refractivity contribution >= 4 is 32.4 Å². The van der Waals surface area contributed by atoms with Crippen LogP contribution in [0.15, 0.2) is 24.3 Å². The molecule has 0 aliphatic carbocycles. The standard InChI is InChI=1S/C16H28N4O7Si/c1-25-28(26-2,27-3)12-4-10-20(16(24)8-6-14(18)22)11-9-19-15(23)7-5-13(17)21/h5-8H,4,9-12H2,1-3H3,(H2,17,21)(H2,18,22)(H,19,23)/b7-5+,8-6+. The highest BCUT2D eigenvalue weighted by atomic mass is 28.4. The predicted molar refractivity (Wildman–Crippen MR) is 102 cm³/mol. The molecule has 158 valence electrons. The number of primary amides is 2. The lowest BCUT2D eigenvalue weighted by molar-refractivity contribution is -0.127. The molecule has 0 radical (unpaired) electrons. The van der Waals surface area contributed by atoms with Crippen LogP contribution in [0.1, 0.15) is 6.42 Å². The van der Waals surface area contributed by atoms with Gasteiger partial charge in [0, 0.05) is 71.3 Å². The highest BCUT2D eigenvalue weighted by Crippen LogP contribution is 2.15. The van der Waals surface area contributed by atoms with E-state index in [4.69, 9.17) is 24.7 Å². The quantitative estimate of drug-likeness (QED) is 0.224. The molecule has 0 fully saturated rings. The van der Waals surface area contributed by atoms with E-state index in [1.54, 1.807) is 0 Å². The molecule has 0 aromatic rings. The predicted octanol–water partition coefficient (Wildman–Crippen LogP) is -1.72. The van der Waals surface area contributed by atoms with Gasteiger partial charge in [-0.05, 0) is 6.42 Å². The number of hydrogen-bond donors (Lipinski definition) is 3. The second-order valence-electron chi connectivity index (χ2n) is 5.49. The minimum absolute atomic E-state index is 0.124. The molecular weight excluding hydrogens is 388 g/mol. The molecule has 28 heavy (non-hydrogen) atoms. The van der Waals surface area contributed by atoms with Gasteiger partial charge in [0.2, 0.25) is 23.6 Å². The van der Waals surface area contributed by atoms with E-state index in [2.05, 4.69) is 5.32 Å². The number of carbonyl (C=O) groups is 4. The fraction of sp³-hybridized carbons (Fsp3) is 0.500. The van der Waals surface area contributed by atoms with E-state index >= 15 is 0 Å². The summed E-state index contributed by atoms with van der Waals surface area (Å²) in [5.41, 5.74) is 9.91. The number of amides is 4. The zero-order valence-corrected chi connectivity index (χ0v) is 17.3. The topological polar surface area (TPSA) is 163 Å². The Labute approximate surface area is 165 Å². The Morgan fingerprint density at radius 3 is 1.93 bits per heavy atom. The molecule has 12 heteroatoms. The van der Waals surface area contributed by atoms with E-state index in [0.717, 1.165) is 24.3 Å². The largest absolute Gasteiger partial charge is 0.500 e. The third kappa shape index (κ3) is 10.6. The Morgan fingerprint density at radius 1 is 0.893 bits per heavy atom. The van der Waals surface area contributed by atoms with Gasteiger partial charge in [-0.2, -0.15) is 0 Å². The van der Waals surface area contributed by atoms with Gasteiger partial charge >= 0.3 is 8.80 Å². The molecule has 0 saturated carbocycles. The van der Waals surface area contributed by atoms with Crippen LogP contribution in [0.5, 0.6) is 0 Å². The van der Waals surface area contributed by atoms with Gasteiger partial charge in [0.15, 0.2) is 0 Å². The maximum absolute atomic E-state index is 12.3. The van der Waals surface area contributed by atoms with E-state index in [-0.39, 0.29) is 13.1 Å². The molecule has 0 aromatic carbocycles. The third-order valence-electron chi connectivity index (χ3n) is 3.63. The molecule has 0 spiro atoms. The fourth-order valence-electron chi connectivity index (χ4n) is 2.16. The average Bonchev–Trinajstić information content (AvgIpc) is 2.66. The first-order valence-electron chi connectivity index (χ1n) is 8.37. The summed E-state index contributed by atoms with van der Waals surface area (Å²) in [6, 6.07) is 0.466. The number of rotatable bonds is 14. The zero-order valence-electron chi connectivity index (χ0n) is 16.3. The van der Waals surface area contributed by atoms with E-state index in [1.807, 2.05) is 0 Å². The summed E-state index contributed by atoms with van der Waals surface area (Å²) in [6.07, 6.45) is 4.45. The van der Waals surface area contributed by atoms with E-state index in [1.165, 1.54) is 26.2 Å². The van der Waals surface area contributed by atoms with Crippen LogP contribution in [0.3, 0.4) is 0 Å². The maximum Gasteiger partial charge on any atom is 0.500 e. The van der Waals surface area contributed by atoms with Crippen molar-refractivity contribution in [1.82, 2.24) is 10.2 Å². The molecule has 0 rings (SSSR count). The van der Waals surface area contributed by atoms with Gasteiger partial charge in [-0.25, -0.2) is 0 Å². The van der Waals surface area contributed by atoms with Gasteiger partial charge in [-0.3, -0.25) is 19.2 Å². The lowest BCUT2D eigenvalue weighted by Crippen LogP contribution is -2.44. The number of nitrogens with one attached hydrogen (secondary N) is 1. The maximum atomic E-state index is 12.3. The van der Waals surface area contributed by atoms with Gasteiger partial charge < -0.3 is 35.0 Å². The summed E-state index contributed by atoms with van der Waals surface area (Å²) in [6.45, 7) is 0.596. The average molecular weight is 417 g/mol. The molecule has 0 atom stereocenters. The molecule has 4 amide bonds. The monoisotopic (exact) mass is 416 g/mol. The molecule has 11 nitrogen and oxygen atoms in total. The van der Waals surface area contributed by atoms with Crippen LogP contribution in [0.2, 0.25) is 6.04 Å².